The van der Waals surface area contributed by atoms with Crippen LogP contribution in [0.3, 0.4) is 0 Å². The zero-order chi connectivity index (χ0) is 27.2. The molecule has 39 heavy (non-hydrogen) atoms. The van der Waals surface area contributed by atoms with E-state index >= 15 is 0 Å². The Morgan fingerprint density at radius 1 is 1.00 bits per heavy atom. The fraction of sp³-hybridized carbons (Fsp3) is 0.241. The van der Waals surface area contributed by atoms with Crippen molar-refractivity contribution in [1.29, 1.82) is 0 Å². The molecule has 0 aliphatic carbocycles. The number of aryl methyl sites for hydroxylation is 1. The van der Waals surface area contributed by atoms with Gasteiger partial charge in [0.2, 0.25) is 5.91 Å². The van der Waals surface area contributed by atoms with Crippen LogP contribution in [0.4, 0.5) is 17.1 Å². The van der Waals surface area contributed by atoms with Crippen LogP contribution in [0.25, 0.3) is 5.82 Å². The van der Waals surface area contributed by atoms with Crippen molar-refractivity contribution in [2.75, 3.05) is 48.9 Å². The summed E-state index contributed by atoms with van der Waals surface area (Å²) >= 11 is 0. The van der Waals surface area contributed by atoms with Crippen LogP contribution >= 0.6 is 0 Å². The molecule has 3 heterocycles. The van der Waals surface area contributed by atoms with E-state index in [-0.39, 0.29) is 18.2 Å². The van der Waals surface area contributed by atoms with Crippen LogP contribution in [-0.4, -0.2) is 60.0 Å². The highest BCUT2D eigenvalue weighted by atomic mass is 16.5. The number of anilines is 3. The molecule has 2 aromatic heterocycles. The summed E-state index contributed by atoms with van der Waals surface area (Å²) in [6.45, 7) is 4.72. The number of carbonyl (C=O) groups excluding carboxylic acids is 2. The number of nitrogens with one attached hydrogen (secondary N) is 2. The molecule has 200 valence electrons. The average molecular weight is 527 g/mol. The molecule has 0 bridgehead atoms. The van der Waals surface area contributed by atoms with Gasteiger partial charge in [-0.2, -0.15) is 5.10 Å². The van der Waals surface area contributed by atoms with Crippen molar-refractivity contribution in [3.05, 3.63) is 89.9 Å². The highest BCUT2D eigenvalue weighted by Crippen LogP contribution is 2.32. The largest absolute Gasteiger partial charge is 0.495 e. The van der Waals surface area contributed by atoms with Crippen LogP contribution in [0.1, 0.15) is 21.6 Å². The quantitative estimate of drug-likeness (QED) is 0.359. The summed E-state index contributed by atoms with van der Waals surface area (Å²) in [5.41, 5.74) is 4.13. The van der Waals surface area contributed by atoms with Crippen molar-refractivity contribution in [1.82, 2.24) is 14.8 Å². The summed E-state index contributed by atoms with van der Waals surface area (Å²) in [5, 5.41) is 10.1. The lowest BCUT2D eigenvalue weighted by Gasteiger charge is -2.30. The number of aromatic nitrogens is 3. The molecular formula is C29H30N6O4. The van der Waals surface area contributed by atoms with Gasteiger partial charge in [0.05, 0.1) is 50.5 Å². The van der Waals surface area contributed by atoms with E-state index in [0.717, 1.165) is 24.3 Å². The van der Waals surface area contributed by atoms with Crippen molar-refractivity contribution < 1.29 is 19.1 Å². The van der Waals surface area contributed by atoms with Crippen LogP contribution in [-0.2, 0) is 16.0 Å². The number of pyridine rings is 1. The predicted octanol–water partition coefficient (Wildman–Crippen LogP) is 3.85. The SMILES string of the molecule is COc1cc(NC(=O)c2cc(C)nc(-n3cc(NC(=O)Cc4ccccc4)cn3)c2)ccc1N1CCOCC1. The summed E-state index contributed by atoms with van der Waals surface area (Å²) < 4.78 is 12.6. The van der Waals surface area contributed by atoms with E-state index in [1.54, 1.807) is 31.6 Å². The van der Waals surface area contributed by atoms with E-state index < -0.39 is 0 Å². The zero-order valence-electron chi connectivity index (χ0n) is 21.9. The molecule has 0 radical (unpaired) electrons. The molecule has 0 spiro atoms. The molecule has 0 unspecified atom stereocenters. The Morgan fingerprint density at radius 2 is 1.79 bits per heavy atom. The van der Waals surface area contributed by atoms with Gasteiger partial charge >= 0.3 is 0 Å². The van der Waals surface area contributed by atoms with Crippen LogP contribution in [0.2, 0.25) is 0 Å². The van der Waals surface area contributed by atoms with Gasteiger partial charge in [0.25, 0.3) is 5.91 Å². The van der Waals surface area contributed by atoms with E-state index in [1.807, 2.05) is 55.5 Å². The Morgan fingerprint density at radius 3 is 2.56 bits per heavy atom. The Hall–Kier alpha value is -4.70. The third-order valence-corrected chi connectivity index (χ3v) is 6.30. The summed E-state index contributed by atoms with van der Waals surface area (Å²) in [5.74, 6) is 0.711. The zero-order valence-corrected chi connectivity index (χ0v) is 21.9. The lowest BCUT2D eigenvalue weighted by atomic mass is 10.1. The van der Waals surface area contributed by atoms with Crippen LogP contribution in [0.5, 0.6) is 5.75 Å². The molecular weight excluding hydrogens is 496 g/mol. The first-order valence-corrected chi connectivity index (χ1v) is 12.7. The predicted molar refractivity (Wildman–Crippen MR) is 149 cm³/mol. The fourth-order valence-corrected chi connectivity index (χ4v) is 4.42. The smallest absolute Gasteiger partial charge is 0.255 e. The number of rotatable bonds is 8. The third kappa shape index (κ3) is 6.42. The molecule has 2 amide bonds. The van der Waals surface area contributed by atoms with E-state index in [9.17, 15) is 9.59 Å². The third-order valence-electron chi connectivity index (χ3n) is 6.30. The topological polar surface area (TPSA) is 111 Å². The highest BCUT2D eigenvalue weighted by molar-refractivity contribution is 6.04. The molecule has 5 rings (SSSR count). The minimum absolute atomic E-state index is 0.145. The van der Waals surface area contributed by atoms with E-state index in [2.05, 4.69) is 25.6 Å². The lowest BCUT2D eigenvalue weighted by Crippen LogP contribution is -2.36. The van der Waals surface area contributed by atoms with Gasteiger partial charge in [-0.3, -0.25) is 9.59 Å². The molecule has 1 saturated heterocycles. The van der Waals surface area contributed by atoms with Gasteiger partial charge < -0.3 is 25.0 Å². The van der Waals surface area contributed by atoms with Crippen molar-refractivity contribution in [2.45, 2.75) is 13.3 Å². The summed E-state index contributed by atoms with van der Waals surface area (Å²) in [6.07, 6.45) is 3.48. The first-order valence-electron chi connectivity index (χ1n) is 12.7. The van der Waals surface area contributed by atoms with Gasteiger partial charge in [-0.05, 0) is 36.8 Å². The second kappa shape index (κ2) is 11.8. The summed E-state index contributed by atoms with van der Waals surface area (Å²) in [7, 11) is 1.62. The number of nitrogens with zero attached hydrogens (tertiary/aromatic N) is 4. The van der Waals surface area contributed by atoms with Gasteiger partial charge in [-0.1, -0.05) is 30.3 Å². The van der Waals surface area contributed by atoms with Gasteiger partial charge in [-0.25, -0.2) is 9.67 Å². The second-order valence-electron chi connectivity index (χ2n) is 9.18. The molecule has 0 atom stereocenters. The Bertz CT molecular complexity index is 1460. The number of carbonyl (C=O) groups is 2. The maximum atomic E-state index is 13.2. The van der Waals surface area contributed by atoms with Crippen molar-refractivity contribution in [3.63, 3.8) is 0 Å². The van der Waals surface area contributed by atoms with Crippen LogP contribution < -0.4 is 20.3 Å². The molecule has 10 nitrogen and oxygen atoms in total. The number of hydrogen-bond acceptors (Lipinski definition) is 7. The fourth-order valence-electron chi connectivity index (χ4n) is 4.42. The Labute approximate surface area is 226 Å². The minimum Gasteiger partial charge on any atom is -0.495 e. The number of hydrogen-bond donors (Lipinski definition) is 2. The molecule has 1 aliphatic rings. The van der Waals surface area contributed by atoms with Gasteiger partial charge in [0, 0.05) is 36.1 Å². The van der Waals surface area contributed by atoms with Crippen molar-refractivity contribution in [2.24, 2.45) is 0 Å². The van der Waals surface area contributed by atoms with Gasteiger partial charge in [0.15, 0.2) is 5.82 Å². The van der Waals surface area contributed by atoms with Gasteiger partial charge in [0.1, 0.15) is 5.75 Å². The first kappa shape index (κ1) is 25.9. The lowest BCUT2D eigenvalue weighted by molar-refractivity contribution is -0.115. The molecule has 1 aliphatic heterocycles. The summed E-state index contributed by atoms with van der Waals surface area (Å²) in [4.78, 5) is 32.3. The van der Waals surface area contributed by atoms with Crippen LogP contribution in [0.15, 0.2) is 73.1 Å². The second-order valence-corrected chi connectivity index (χ2v) is 9.18. The van der Waals surface area contributed by atoms with Crippen molar-refractivity contribution >= 4 is 28.9 Å². The molecule has 1 fully saturated rings. The number of benzene rings is 2. The number of methoxy groups -OCH3 is 1. The number of morpholine rings is 1. The summed E-state index contributed by atoms with van der Waals surface area (Å²) in [6, 6.07) is 18.5. The number of amides is 2. The monoisotopic (exact) mass is 526 g/mol. The van der Waals surface area contributed by atoms with Gasteiger partial charge in [-0.15, -0.1) is 0 Å². The van der Waals surface area contributed by atoms with E-state index in [0.29, 0.717) is 47.4 Å². The standard InChI is InChI=1S/C29H30N6O4/c1-20-14-22(29(37)33-23-8-9-25(26(17-23)38-2)34-10-12-39-13-11-34)16-27(31-20)35-19-24(18-30-35)32-28(36)15-21-6-4-3-5-7-21/h3-9,14,16-19H,10-13,15H2,1-2H3,(H,32,36)(H,33,37). The maximum Gasteiger partial charge on any atom is 0.255 e. The highest BCUT2D eigenvalue weighted by Gasteiger charge is 2.17. The molecule has 4 aromatic rings. The Balaban J connectivity index is 1.28. The van der Waals surface area contributed by atoms with Crippen LogP contribution in [0, 0.1) is 6.92 Å². The van der Waals surface area contributed by atoms with Crippen molar-refractivity contribution in [3.8, 4) is 11.6 Å². The molecule has 0 saturated carbocycles. The molecule has 10 heteroatoms. The average Bonchev–Trinajstić information content (AvgIpc) is 3.42. The van der Waals surface area contributed by atoms with E-state index in [1.165, 1.54) is 4.68 Å². The molecule has 2 N–H and O–H groups in total. The molecule has 2 aromatic carbocycles. The number of ether oxygens (including phenoxy) is 2. The minimum atomic E-state index is -0.286. The Kier molecular flexibility index (Phi) is 7.83. The van der Waals surface area contributed by atoms with E-state index in [4.69, 9.17) is 9.47 Å². The normalized spacial score (nSPS) is 13.1. The first-order chi connectivity index (χ1) is 19.0. The maximum absolute atomic E-state index is 13.2.